The number of aryl methyl sites for hydroxylation is 1. The van der Waals surface area contributed by atoms with Crippen molar-refractivity contribution in [3.8, 4) is 17.0 Å². The molecule has 32 heavy (non-hydrogen) atoms. The summed E-state index contributed by atoms with van der Waals surface area (Å²) in [6, 6.07) is 13.0. The summed E-state index contributed by atoms with van der Waals surface area (Å²) < 4.78 is 5.53. The molecular formula is C27H34N4O. The molecule has 5 nitrogen and oxygen atoms in total. The van der Waals surface area contributed by atoms with Gasteiger partial charge in [-0.25, -0.2) is 9.97 Å². The highest BCUT2D eigenvalue weighted by atomic mass is 16.5. The van der Waals surface area contributed by atoms with Crippen molar-refractivity contribution in [2.24, 2.45) is 0 Å². The van der Waals surface area contributed by atoms with Crippen LogP contribution in [0.5, 0.6) is 5.75 Å². The van der Waals surface area contributed by atoms with Crippen LogP contribution in [0.3, 0.4) is 0 Å². The van der Waals surface area contributed by atoms with Crippen LogP contribution in [0, 0.1) is 0 Å². The van der Waals surface area contributed by atoms with Crippen LogP contribution in [-0.4, -0.2) is 54.7 Å². The van der Waals surface area contributed by atoms with Crippen LogP contribution in [0.1, 0.15) is 44.3 Å². The maximum Gasteiger partial charge on any atom is 0.128 e. The zero-order valence-corrected chi connectivity index (χ0v) is 19.2. The van der Waals surface area contributed by atoms with Gasteiger partial charge in [0.2, 0.25) is 0 Å². The summed E-state index contributed by atoms with van der Waals surface area (Å²) in [4.78, 5) is 14.6. The third kappa shape index (κ3) is 4.73. The number of rotatable bonds is 7. The molecule has 2 aliphatic rings. The lowest BCUT2D eigenvalue weighted by molar-refractivity contribution is 0.333. The second-order valence-corrected chi connectivity index (χ2v) is 9.14. The van der Waals surface area contributed by atoms with Crippen molar-refractivity contribution in [3.63, 3.8) is 0 Å². The molecule has 0 spiro atoms. The van der Waals surface area contributed by atoms with E-state index < -0.39 is 0 Å². The molecule has 0 unspecified atom stereocenters. The van der Waals surface area contributed by atoms with Crippen molar-refractivity contribution in [2.45, 2.75) is 44.9 Å². The van der Waals surface area contributed by atoms with Crippen LogP contribution < -0.4 is 9.64 Å². The van der Waals surface area contributed by atoms with Crippen LogP contribution in [0.2, 0.25) is 0 Å². The second-order valence-electron chi connectivity index (χ2n) is 9.14. The third-order valence-corrected chi connectivity index (χ3v) is 6.91. The second kappa shape index (κ2) is 9.86. The molecule has 5 heteroatoms. The molecule has 0 N–H and O–H groups in total. The first-order chi connectivity index (χ1) is 15.8. The number of ether oxygens (including phenoxy) is 1. The average Bonchev–Trinajstić information content (AvgIpc) is 3.37. The van der Waals surface area contributed by atoms with Gasteiger partial charge in [-0.2, -0.15) is 0 Å². The Morgan fingerprint density at radius 2 is 1.72 bits per heavy atom. The van der Waals surface area contributed by atoms with Gasteiger partial charge >= 0.3 is 0 Å². The summed E-state index contributed by atoms with van der Waals surface area (Å²) in [5.74, 6) is 1.86. The average molecular weight is 431 g/mol. The van der Waals surface area contributed by atoms with Crippen molar-refractivity contribution in [2.75, 3.05) is 44.7 Å². The first-order valence-corrected chi connectivity index (χ1v) is 12.2. The molecule has 2 aliphatic heterocycles. The number of likely N-dealkylation sites (tertiary alicyclic amines) is 1. The van der Waals surface area contributed by atoms with E-state index >= 15 is 0 Å². The Bertz CT molecular complexity index is 1050. The Kier molecular flexibility index (Phi) is 6.54. The van der Waals surface area contributed by atoms with Gasteiger partial charge in [0.1, 0.15) is 11.6 Å². The molecule has 168 valence electrons. The normalized spacial score (nSPS) is 17.2. The van der Waals surface area contributed by atoms with E-state index in [1.54, 1.807) is 7.11 Å². The monoisotopic (exact) mass is 430 g/mol. The molecule has 0 aliphatic carbocycles. The quantitative estimate of drug-likeness (QED) is 0.507. The minimum absolute atomic E-state index is 0.908. The molecule has 2 saturated heterocycles. The highest BCUT2D eigenvalue weighted by Gasteiger charge is 2.17. The predicted octanol–water partition coefficient (Wildman–Crippen LogP) is 5.32. The largest absolute Gasteiger partial charge is 0.497 e. The Balaban J connectivity index is 1.44. The third-order valence-electron chi connectivity index (χ3n) is 6.91. The summed E-state index contributed by atoms with van der Waals surface area (Å²) in [7, 11) is 1.74. The summed E-state index contributed by atoms with van der Waals surface area (Å²) in [5.41, 5.74) is 3.49. The van der Waals surface area contributed by atoms with Gasteiger partial charge in [-0.1, -0.05) is 6.07 Å². The molecule has 0 bridgehead atoms. The summed E-state index contributed by atoms with van der Waals surface area (Å²) in [5, 5.41) is 2.49. The van der Waals surface area contributed by atoms with Crippen LogP contribution in [0.15, 0.2) is 42.6 Å². The van der Waals surface area contributed by atoms with E-state index in [2.05, 4.69) is 51.2 Å². The van der Waals surface area contributed by atoms with Crippen molar-refractivity contribution < 1.29 is 4.74 Å². The SMILES string of the molecule is COc1ccc2cc(-c3ccnc(CCCN4CCCC4)n3)cc(N3CCCCC3)c2c1. The summed E-state index contributed by atoms with van der Waals surface area (Å²) in [6.45, 7) is 5.89. The number of fused-ring (bicyclic) bond motifs is 1. The van der Waals surface area contributed by atoms with Crippen LogP contribution in [-0.2, 0) is 6.42 Å². The summed E-state index contributed by atoms with van der Waals surface area (Å²) in [6.07, 6.45) is 10.5. The van der Waals surface area contributed by atoms with E-state index in [9.17, 15) is 0 Å². The zero-order chi connectivity index (χ0) is 21.8. The lowest BCUT2D eigenvalue weighted by Gasteiger charge is -2.30. The lowest BCUT2D eigenvalue weighted by atomic mass is 10.00. The Labute approximate surface area is 191 Å². The van der Waals surface area contributed by atoms with E-state index in [0.717, 1.165) is 49.7 Å². The molecule has 3 aromatic rings. The molecule has 0 atom stereocenters. The standard InChI is InChI=1S/C27H34N4O/c1-32-23-10-9-21-18-22(19-26(24(21)20-23)31-16-3-2-4-17-31)25-11-12-28-27(29-25)8-7-15-30-13-5-6-14-30/h9-12,18-20H,2-8,13-17H2,1H3. The van der Waals surface area contributed by atoms with Crippen molar-refractivity contribution in [1.82, 2.24) is 14.9 Å². The molecule has 2 fully saturated rings. The number of hydrogen-bond acceptors (Lipinski definition) is 5. The fourth-order valence-corrected chi connectivity index (χ4v) is 5.14. The van der Waals surface area contributed by atoms with Gasteiger partial charge in [0, 0.05) is 42.3 Å². The molecule has 0 saturated carbocycles. The first-order valence-electron chi connectivity index (χ1n) is 12.2. The fraction of sp³-hybridized carbons (Fsp3) is 0.481. The number of hydrogen-bond donors (Lipinski definition) is 0. The molecule has 3 heterocycles. The fourth-order valence-electron chi connectivity index (χ4n) is 5.14. The van der Waals surface area contributed by atoms with Crippen molar-refractivity contribution in [1.29, 1.82) is 0 Å². The van der Waals surface area contributed by atoms with Crippen LogP contribution in [0.25, 0.3) is 22.0 Å². The Hall–Kier alpha value is -2.66. The number of methoxy groups -OCH3 is 1. The van der Waals surface area contributed by atoms with Crippen molar-refractivity contribution >= 4 is 16.5 Å². The minimum atomic E-state index is 0.908. The van der Waals surface area contributed by atoms with Gasteiger partial charge in [0.15, 0.2) is 0 Å². The van der Waals surface area contributed by atoms with E-state index in [1.807, 2.05) is 6.20 Å². The Morgan fingerprint density at radius 3 is 2.53 bits per heavy atom. The van der Waals surface area contributed by atoms with Crippen LogP contribution >= 0.6 is 0 Å². The number of nitrogens with zero attached hydrogens (tertiary/aromatic N) is 4. The van der Waals surface area contributed by atoms with Gasteiger partial charge in [-0.15, -0.1) is 0 Å². The number of aromatic nitrogens is 2. The highest BCUT2D eigenvalue weighted by Crippen LogP contribution is 2.36. The minimum Gasteiger partial charge on any atom is -0.497 e. The molecule has 5 rings (SSSR count). The molecule has 1 aromatic heterocycles. The van der Waals surface area contributed by atoms with Gasteiger partial charge in [-0.05, 0) is 93.9 Å². The van der Waals surface area contributed by atoms with Gasteiger partial charge in [0.05, 0.1) is 12.8 Å². The van der Waals surface area contributed by atoms with Gasteiger partial charge in [-0.3, -0.25) is 0 Å². The number of benzene rings is 2. The zero-order valence-electron chi connectivity index (χ0n) is 19.2. The van der Waals surface area contributed by atoms with E-state index in [-0.39, 0.29) is 0 Å². The van der Waals surface area contributed by atoms with E-state index in [0.29, 0.717) is 0 Å². The maximum absolute atomic E-state index is 5.53. The maximum atomic E-state index is 5.53. The molecular weight excluding hydrogens is 396 g/mol. The van der Waals surface area contributed by atoms with Crippen LogP contribution in [0.4, 0.5) is 5.69 Å². The molecule has 0 radical (unpaired) electrons. The smallest absolute Gasteiger partial charge is 0.128 e. The number of piperidine rings is 1. The van der Waals surface area contributed by atoms with Crippen molar-refractivity contribution in [3.05, 3.63) is 48.4 Å². The molecule has 0 amide bonds. The van der Waals surface area contributed by atoms with E-state index in [4.69, 9.17) is 9.72 Å². The Morgan fingerprint density at radius 1 is 0.906 bits per heavy atom. The number of anilines is 1. The molecule has 2 aromatic carbocycles. The topological polar surface area (TPSA) is 41.5 Å². The van der Waals surface area contributed by atoms with E-state index in [1.165, 1.54) is 67.2 Å². The summed E-state index contributed by atoms with van der Waals surface area (Å²) >= 11 is 0. The highest BCUT2D eigenvalue weighted by molar-refractivity contribution is 5.98. The van der Waals surface area contributed by atoms with Gasteiger partial charge in [0.25, 0.3) is 0 Å². The predicted molar refractivity (Wildman–Crippen MR) is 132 cm³/mol. The van der Waals surface area contributed by atoms with Gasteiger partial charge < -0.3 is 14.5 Å². The first kappa shape index (κ1) is 21.2. The lowest BCUT2D eigenvalue weighted by Crippen LogP contribution is -2.29.